The number of anilines is 1. The van der Waals surface area contributed by atoms with Gasteiger partial charge in [0, 0.05) is 22.7 Å². The summed E-state index contributed by atoms with van der Waals surface area (Å²) >= 11 is 1.61. The number of hydrogen-bond donors (Lipinski definition) is 1. The van der Waals surface area contributed by atoms with Crippen LogP contribution in [0.5, 0.6) is 0 Å². The molecule has 1 aromatic carbocycles. The summed E-state index contributed by atoms with van der Waals surface area (Å²) in [7, 11) is 0. The molecule has 3 aromatic rings. The smallest absolute Gasteiger partial charge is 0.253 e. The maximum atomic E-state index is 11.9. The van der Waals surface area contributed by atoms with E-state index in [-0.39, 0.29) is 5.91 Å². The Bertz CT molecular complexity index is 889. The first-order valence-corrected chi connectivity index (χ1v) is 9.64. The molecule has 0 fully saturated rings. The van der Waals surface area contributed by atoms with Gasteiger partial charge in [-0.15, -0.1) is 0 Å². The van der Waals surface area contributed by atoms with Crippen LogP contribution in [0.3, 0.4) is 0 Å². The number of benzene rings is 1. The molecule has 1 amide bonds. The Hall–Kier alpha value is -2.41. The van der Waals surface area contributed by atoms with Crippen molar-refractivity contribution in [3.05, 3.63) is 42.4 Å². The van der Waals surface area contributed by atoms with E-state index in [1.807, 2.05) is 38.1 Å². The fraction of sp³-hybridized carbons (Fsp3) is 0.368. The standard InChI is InChI=1S/C19H23N5OS/c1-4-5-15-11-18(24-19(23-15)20-12-21-24)26-16-8-6-14(7-9-16)22-17(25)10-13(2)3/h6-9,11-13H,4-5,10H2,1-3H3,(H,22,25). The summed E-state index contributed by atoms with van der Waals surface area (Å²) in [6.07, 6.45) is 4.00. The number of hydrogen-bond acceptors (Lipinski definition) is 5. The Kier molecular flexibility index (Phi) is 5.88. The first-order chi connectivity index (χ1) is 12.5. The second-order valence-corrected chi connectivity index (χ2v) is 7.67. The summed E-state index contributed by atoms with van der Waals surface area (Å²) in [5.74, 6) is 1.01. The summed E-state index contributed by atoms with van der Waals surface area (Å²) in [6, 6.07) is 9.91. The Morgan fingerprint density at radius 3 is 2.73 bits per heavy atom. The largest absolute Gasteiger partial charge is 0.326 e. The highest BCUT2D eigenvalue weighted by Gasteiger charge is 2.10. The van der Waals surface area contributed by atoms with Crippen LogP contribution < -0.4 is 5.32 Å². The van der Waals surface area contributed by atoms with Crippen LogP contribution in [0.4, 0.5) is 5.69 Å². The average Bonchev–Trinajstić information content (AvgIpc) is 3.05. The quantitative estimate of drug-likeness (QED) is 0.632. The van der Waals surface area contributed by atoms with E-state index in [0.717, 1.165) is 34.1 Å². The highest BCUT2D eigenvalue weighted by Crippen LogP contribution is 2.29. The zero-order valence-electron chi connectivity index (χ0n) is 15.3. The lowest BCUT2D eigenvalue weighted by molar-refractivity contribution is -0.116. The lowest BCUT2D eigenvalue weighted by Crippen LogP contribution is -2.13. The number of amides is 1. The van der Waals surface area contributed by atoms with E-state index in [4.69, 9.17) is 0 Å². The molecule has 1 N–H and O–H groups in total. The number of nitrogens with one attached hydrogen (secondary N) is 1. The van der Waals surface area contributed by atoms with Gasteiger partial charge in [0.2, 0.25) is 5.91 Å². The molecular formula is C19H23N5OS. The summed E-state index contributed by atoms with van der Waals surface area (Å²) in [5, 5.41) is 8.17. The van der Waals surface area contributed by atoms with Crippen LogP contribution in [0, 0.1) is 5.92 Å². The molecule has 0 aliphatic carbocycles. The van der Waals surface area contributed by atoms with E-state index in [1.54, 1.807) is 16.3 Å². The van der Waals surface area contributed by atoms with Gasteiger partial charge < -0.3 is 5.32 Å². The molecule has 0 bridgehead atoms. The number of carbonyl (C=O) groups excluding carboxylic acids is 1. The summed E-state index contributed by atoms with van der Waals surface area (Å²) in [5.41, 5.74) is 1.83. The van der Waals surface area contributed by atoms with Gasteiger partial charge in [-0.1, -0.05) is 39.0 Å². The third kappa shape index (κ3) is 4.60. The molecule has 3 rings (SSSR count). The van der Waals surface area contributed by atoms with E-state index in [2.05, 4.69) is 33.4 Å². The predicted octanol–water partition coefficient (Wildman–Crippen LogP) is 4.21. The van der Waals surface area contributed by atoms with Crippen LogP contribution in [0.25, 0.3) is 5.78 Å². The second kappa shape index (κ2) is 8.31. The van der Waals surface area contributed by atoms with Crippen molar-refractivity contribution in [3.63, 3.8) is 0 Å². The zero-order valence-corrected chi connectivity index (χ0v) is 16.1. The second-order valence-electron chi connectivity index (χ2n) is 6.58. The molecule has 0 unspecified atom stereocenters. The van der Waals surface area contributed by atoms with Gasteiger partial charge in [-0.05, 0) is 42.7 Å². The molecule has 0 saturated heterocycles. The molecule has 0 atom stereocenters. The minimum absolute atomic E-state index is 0.0445. The van der Waals surface area contributed by atoms with Gasteiger partial charge in [0.1, 0.15) is 11.4 Å². The van der Waals surface area contributed by atoms with Crippen LogP contribution in [-0.2, 0) is 11.2 Å². The Labute approximate surface area is 157 Å². The molecule has 0 aliphatic rings. The van der Waals surface area contributed by atoms with Gasteiger partial charge in [0.15, 0.2) is 0 Å². The summed E-state index contributed by atoms with van der Waals surface area (Å²) in [4.78, 5) is 21.7. The van der Waals surface area contributed by atoms with E-state index in [9.17, 15) is 4.79 Å². The Morgan fingerprint density at radius 1 is 1.27 bits per heavy atom. The van der Waals surface area contributed by atoms with Crippen LogP contribution in [0.15, 0.2) is 46.6 Å². The average molecular weight is 369 g/mol. The van der Waals surface area contributed by atoms with Crippen molar-refractivity contribution in [2.45, 2.75) is 50.0 Å². The summed E-state index contributed by atoms with van der Waals surface area (Å²) in [6.45, 7) is 6.20. The molecule has 7 heteroatoms. The maximum Gasteiger partial charge on any atom is 0.253 e. The lowest BCUT2D eigenvalue weighted by Gasteiger charge is -2.09. The van der Waals surface area contributed by atoms with Crippen molar-refractivity contribution >= 4 is 29.1 Å². The van der Waals surface area contributed by atoms with Gasteiger partial charge in [-0.3, -0.25) is 4.79 Å². The Morgan fingerprint density at radius 2 is 2.04 bits per heavy atom. The molecule has 6 nitrogen and oxygen atoms in total. The number of carbonyl (C=O) groups is 1. The minimum Gasteiger partial charge on any atom is -0.326 e. The Balaban J connectivity index is 1.76. The van der Waals surface area contributed by atoms with Crippen molar-refractivity contribution < 1.29 is 4.79 Å². The van der Waals surface area contributed by atoms with Crippen molar-refractivity contribution in [3.8, 4) is 0 Å². The first-order valence-electron chi connectivity index (χ1n) is 8.82. The SMILES string of the molecule is CCCc1cc(Sc2ccc(NC(=O)CC(C)C)cc2)n2ncnc2n1. The van der Waals surface area contributed by atoms with Gasteiger partial charge in [-0.25, -0.2) is 4.98 Å². The molecule has 0 aliphatic heterocycles. The monoisotopic (exact) mass is 369 g/mol. The first kappa shape index (κ1) is 18.4. The van der Waals surface area contributed by atoms with Crippen LogP contribution in [0.2, 0.25) is 0 Å². The number of rotatable bonds is 7. The predicted molar refractivity (Wildman–Crippen MR) is 103 cm³/mol. The molecule has 26 heavy (non-hydrogen) atoms. The fourth-order valence-electron chi connectivity index (χ4n) is 2.60. The third-order valence-corrected chi connectivity index (χ3v) is 4.74. The number of fused-ring (bicyclic) bond motifs is 1. The summed E-state index contributed by atoms with van der Waals surface area (Å²) < 4.78 is 1.75. The number of nitrogens with zero attached hydrogens (tertiary/aromatic N) is 4. The van der Waals surface area contributed by atoms with E-state index in [1.165, 1.54) is 6.33 Å². The third-order valence-electron chi connectivity index (χ3n) is 3.73. The number of aryl methyl sites for hydroxylation is 1. The molecule has 2 aromatic heterocycles. The highest BCUT2D eigenvalue weighted by atomic mass is 32.2. The molecule has 0 radical (unpaired) electrons. The zero-order chi connectivity index (χ0) is 18.5. The molecule has 0 saturated carbocycles. The van der Waals surface area contributed by atoms with Crippen molar-refractivity contribution in [1.82, 2.24) is 19.6 Å². The topological polar surface area (TPSA) is 72.2 Å². The number of aromatic nitrogens is 4. The molecular weight excluding hydrogens is 346 g/mol. The van der Waals surface area contributed by atoms with E-state index in [0.29, 0.717) is 18.1 Å². The van der Waals surface area contributed by atoms with Gasteiger partial charge in [-0.2, -0.15) is 14.6 Å². The highest BCUT2D eigenvalue weighted by molar-refractivity contribution is 7.99. The van der Waals surface area contributed by atoms with Crippen molar-refractivity contribution in [1.29, 1.82) is 0 Å². The van der Waals surface area contributed by atoms with E-state index >= 15 is 0 Å². The van der Waals surface area contributed by atoms with Gasteiger partial charge >= 0.3 is 0 Å². The van der Waals surface area contributed by atoms with Crippen LogP contribution in [-0.4, -0.2) is 25.5 Å². The van der Waals surface area contributed by atoms with Gasteiger partial charge in [0.25, 0.3) is 5.78 Å². The minimum atomic E-state index is 0.0445. The fourth-order valence-corrected chi connectivity index (χ4v) is 3.52. The maximum absolute atomic E-state index is 11.9. The van der Waals surface area contributed by atoms with Crippen molar-refractivity contribution in [2.24, 2.45) is 5.92 Å². The van der Waals surface area contributed by atoms with Crippen molar-refractivity contribution in [2.75, 3.05) is 5.32 Å². The molecule has 0 spiro atoms. The normalized spacial score (nSPS) is 11.2. The van der Waals surface area contributed by atoms with Gasteiger partial charge in [0.05, 0.1) is 0 Å². The molecule has 2 heterocycles. The van der Waals surface area contributed by atoms with Crippen LogP contribution in [0.1, 0.15) is 39.3 Å². The lowest BCUT2D eigenvalue weighted by atomic mass is 10.1. The van der Waals surface area contributed by atoms with E-state index < -0.39 is 0 Å². The molecule has 136 valence electrons. The van der Waals surface area contributed by atoms with Crippen LogP contribution >= 0.6 is 11.8 Å².